The molecule has 0 aromatic rings. The lowest BCUT2D eigenvalue weighted by atomic mass is 10.2. The van der Waals surface area contributed by atoms with Crippen LogP contribution in [0.3, 0.4) is 0 Å². The summed E-state index contributed by atoms with van der Waals surface area (Å²) in [6.45, 7) is 8.61. The minimum Gasteiger partial charge on any atom is -0.377 e. The summed E-state index contributed by atoms with van der Waals surface area (Å²) in [7, 11) is 0. The van der Waals surface area contributed by atoms with Gasteiger partial charge in [0.15, 0.2) is 0 Å². The summed E-state index contributed by atoms with van der Waals surface area (Å²) in [5, 5.41) is 3.45. The van der Waals surface area contributed by atoms with Gasteiger partial charge in [0.25, 0.3) is 0 Å². The molecule has 2 aliphatic rings. The molecule has 1 saturated carbocycles. The molecule has 0 aromatic carbocycles. The summed E-state index contributed by atoms with van der Waals surface area (Å²) in [6.07, 6.45) is 4.49. The number of halogens is 1. The third kappa shape index (κ3) is 4.21. The Labute approximate surface area is 105 Å². The van der Waals surface area contributed by atoms with Gasteiger partial charge in [0.05, 0.1) is 12.7 Å². The van der Waals surface area contributed by atoms with Crippen molar-refractivity contribution in [2.45, 2.75) is 51.3 Å². The minimum atomic E-state index is 0. The number of hydrogen-bond acceptors (Lipinski definition) is 3. The largest absolute Gasteiger partial charge is 0.377 e. The number of rotatable bonds is 6. The molecular weight excluding hydrogens is 224 g/mol. The third-order valence-electron chi connectivity index (χ3n) is 3.32. The molecule has 0 radical (unpaired) electrons. The van der Waals surface area contributed by atoms with E-state index >= 15 is 0 Å². The minimum absolute atomic E-state index is 0. The fourth-order valence-corrected chi connectivity index (χ4v) is 2.39. The fraction of sp³-hybridized carbons (Fsp3) is 1.00. The molecular formula is C12H25ClN2O. The van der Waals surface area contributed by atoms with E-state index in [0.29, 0.717) is 6.10 Å². The monoisotopic (exact) mass is 248 g/mol. The summed E-state index contributed by atoms with van der Waals surface area (Å²) in [4.78, 5) is 2.67. The van der Waals surface area contributed by atoms with Crippen molar-refractivity contribution in [3.05, 3.63) is 0 Å². The van der Waals surface area contributed by atoms with E-state index in [-0.39, 0.29) is 12.4 Å². The molecule has 1 aliphatic carbocycles. The fourth-order valence-electron chi connectivity index (χ4n) is 2.39. The zero-order valence-electron chi connectivity index (χ0n) is 10.4. The zero-order valence-corrected chi connectivity index (χ0v) is 11.3. The van der Waals surface area contributed by atoms with Gasteiger partial charge in [-0.1, -0.05) is 0 Å². The molecule has 2 fully saturated rings. The van der Waals surface area contributed by atoms with Crippen LogP contribution in [0.5, 0.6) is 0 Å². The smallest absolute Gasteiger partial charge is 0.0597 e. The molecule has 2 rings (SSSR count). The van der Waals surface area contributed by atoms with Crippen LogP contribution in [0.2, 0.25) is 0 Å². The highest BCUT2D eigenvalue weighted by Crippen LogP contribution is 2.29. The van der Waals surface area contributed by atoms with Crippen molar-refractivity contribution in [3.63, 3.8) is 0 Å². The average molecular weight is 249 g/mol. The van der Waals surface area contributed by atoms with E-state index in [0.717, 1.165) is 25.2 Å². The Hall–Kier alpha value is 0.170. The van der Waals surface area contributed by atoms with E-state index in [1.54, 1.807) is 0 Å². The lowest BCUT2D eigenvalue weighted by Crippen LogP contribution is -2.41. The van der Waals surface area contributed by atoms with Crippen LogP contribution in [0, 0.1) is 0 Å². The van der Waals surface area contributed by atoms with Crippen LogP contribution in [-0.4, -0.2) is 49.3 Å². The lowest BCUT2D eigenvalue weighted by molar-refractivity contribution is 0.0482. The van der Waals surface area contributed by atoms with Gasteiger partial charge in [-0.05, 0) is 39.7 Å². The van der Waals surface area contributed by atoms with E-state index in [1.807, 2.05) is 0 Å². The second-order valence-electron chi connectivity index (χ2n) is 5.04. The lowest BCUT2D eigenvalue weighted by Gasteiger charge is -2.28. The van der Waals surface area contributed by atoms with Crippen LogP contribution in [0.25, 0.3) is 0 Å². The highest BCUT2D eigenvalue weighted by atomic mass is 35.5. The van der Waals surface area contributed by atoms with Crippen LogP contribution in [-0.2, 0) is 4.74 Å². The van der Waals surface area contributed by atoms with Crippen molar-refractivity contribution in [1.29, 1.82) is 0 Å². The first kappa shape index (κ1) is 14.2. The topological polar surface area (TPSA) is 24.5 Å². The van der Waals surface area contributed by atoms with Crippen LogP contribution in [0.1, 0.15) is 33.1 Å². The molecule has 96 valence electrons. The summed E-state index contributed by atoms with van der Waals surface area (Å²) < 4.78 is 5.65. The normalized spacial score (nSPS) is 25.1. The van der Waals surface area contributed by atoms with Gasteiger partial charge in [0, 0.05) is 25.2 Å². The van der Waals surface area contributed by atoms with Crippen LogP contribution < -0.4 is 5.32 Å². The van der Waals surface area contributed by atoms with Crippen molar-refractivity contribution < 1.29 is 4.74 Å². The molecule has 1 heterocycles. The van der Waals surface area contributed by atoms with Crippen LogP contribution in [0.4, 0.5) is 0 Å². The summed E-state index contributed by atoms with van der Waals surface area (Å²) in [5.41, 5.74) is 0. The maximum absolute atomic E-state index is 5.65. The number of ether oxygens (including phenoxy) is 1. The molecule has 0 amide bonds. The maximum Gasteiger partial charge on any atom is 0.0597 e. The van der Waals surface area contributed by atoms with Crippen molar-refractivity contribution in [2.75, 3.05) is 26.2 Å². The first-order valence-electron chi connectivity index (χ1n) is 6.35. The molecule has 1 saturated heterocycles. The Morgan fingerprint density at radius 3 is 2.50 bits per heavy atom. The second kappa shape index (κ2) is 6.80. The molecule has 0 aromatic heterocycles. The Balaban J connectivity index is 0.00000128. The van der Waals surface area contributed by atoms with Gasteiger partial charge in [0.2, 0.25) is 0 Å². The van der Waals surface area contributed by atoms with Gasteiger partial charge in [0.1, 0.15) is 0 Å². The molecule has 0 bridgehead atoms. The van der Waals surface area contributed by atoms with Gasteiger partial charge in [-0.3, -0.25) is 4.90 Å². The zero-order chi connectivity index (χ0) is 10.7. The summed E-state index contributed by atoms with van der Waals surface area (Å²) in [6, 6.07) is 1.64. The van der Waals surface area contributed by atoms with Crippen molar-refractivity contribution in [3.8, 4) is 0 Å². The van der Waals surface area contributed by atoms with E-state index < -0.39 is 0 Å². The molecule has 3 nitrogen and oxygen atoms in total. The van der Waals surface area contributed by atoms with Crippen LogP contribution in [0.15, 0.2) is 0 Å². The summed E-state index contributed by atoms with van der Waals surface area (Å²) >= 11 is 0. The van der Waals surface area contributed by atoms with E-state index in [4.69, 9.17) is 4.74 Å². The number of hydrogen-bond donors (Lipinski definition) is 1. The second-order valence-corrected chi connectivity index (χ2v) is 5.04. The maximum atomic E-state index is 5.65. The average Bonchev–Trinajstić information content (AvgIpc) is 2.88. The van der Waals surface area contributed by atoms with Crippen molar-refractivity contribution in [1.82, 2.24) is 10.2 Å². The van der Waals surface area contributed by atoms with Gasteiger partial charge in [-0.2, -0.15) is 0 Å². The predicted octanol–water partition coefficient (Wildman–Crippen LogP) is 1.66. The molecule has 1 N–H and O–H groups in total. The first-order valence-corrected chi connectivity index (χ1v) is 6.35. The number of nitrogens with one attached hydrogen (secondary N) is 1. The van der Waals surface area contributed by atoms with E-state index in [2.05, 4.69) is 24.1 Å². The van der Waals surface area contributed by atoms with Gasteiger partial charge in [-0.25, -0.2) is 0 Å². The van der Waals surface area contributed by atoms with Gasteiger partial charge >= 0.3 is 0 Å². The van der Waals surface area contributed by atoms with Gasteiger partial charge < -0.3 is 10.1 Å². The molecule has 1 atom stereocenters. The van der Waals surface area contributed by atoms with Crippen molar-refractivity contribution in [2.24, 2.45) is 0 Å². The third-order valence-corrected chi connectivity index (χ3v) is 3.32. The first-order chi connectivity index (χ1) is 7.27. The summed E-state index contributed by atoms with van der Waals surface area (Å²) in [5.74, 6) is 0. The Morgan fingerprint density at radius 1 is 1.25 bits per heavy atom. The highest BCUT2D eigenvalue weighted by molar-refractivity contribution is 5.85. The molecule has 1 unspecified atom stereocenters. The molecule has 0 spiro atoms. The quantitative estimate of drug-likeness (QED) is 0.774. The molecule has 4 heteroatoms. The predicted molar refractivity (Wildman–Crippen MR) is 69.3 cm³/mol. The Bertz CT molecular complexity index is 191. The standard InChI is InChI=1S/C12H24N2O.ClH/c1-10(2)15-8-7-14(11-3-4-11)12-5-6-13-9-12;/h10-13H,3-9H2,1-2H3;1H. The Morgan fingerprint density at radius 2 is 2.00 bits per heavy atom. The molecule has 1 aliphatic heterocycles. The number of nitrogens with zero attached hydrogens (tertiary/aromatic N) is 1. The Kier molecular flexibility index (Phi) is 6.05. The van der Waals surface area contributed by atoms with E-state index in [1.165, 1.54) is 32.4 Å². The highest BCUT2D eigenvalue weighted by Gasteiger charge is 2.34. The van der Waals surface area contributed by atoms with Crippen molar-refractivity contribution >= 4 is 12.4 Å². The van der Waals surface area contributed by atoms with Gasteiger partial charge in [-0.15, -0.1) is 12.4 Å². The van der Waals surface area contributed by atoms with Crippen LogP contribution >= 0.6 is 12.4 Å². The SMILES string of the molecule is CC(C)OCCN(C1CC1)C1CCNC1.Cl. The van der Waals surface area contributed by atoms with E-state index in [9.17, 15) is 0 Å². The molecule has 16 heavy (non-hydrogen) atoms.